The summed E-state index contributed by atoms with van der Waals surface area (Å²) in [6.07, 6.45) is 11.0. The molecule has 2 fully saturated rings. The monoisotopic (exact) mass is 276 g/mol. The highest BCUT2D eigenvalue weighted by molar-refractivity contribution is 6.30. The van der Waals surface area contributed by atoms with Crippen molar-refractivity contribution in [1.29, 1.82) is 0 Å². The zero-order valence-electron chi connectivity index (χ0n) is 10.7. The van der Waals surface area contributed by atoms with Gasteiger partial charge in [0.25, 0.3) is 0 Å². The van der Waals surface area contributed by atoms with Crippen molar-refractivity contribution in [2.75, 3.05) is 0 Å². The van der Waals surface area contributed by atoms with E-state index in [-0.39, 0.29) is 0 Å². The zero-order chi connectivity index (χ0) is 13.0. The largest absolute Gasteiger partial charge is 0.385 e. The van der Waals surface area contributed by atoms with E-state index in [1.807, 2.05) is 22.9 Å². The van der Waals surface area contributed by atoms with Crippen molar-refractivity contribution in [1.82, 2.24) is 9.38 Å². The molecule has 2 saturated carbocycles. The molecule has 2 aliphatic carbocycles. The Hall–Kier alpha value is -1.06. The highest BCUT2D eigenvalue weighted by Crippen LogP contribution is 2.53. The Labute approximate surface area is 117 Å². The average Bonchev–Trinajstić information content (AvgIpc) is 3.01. The van der Waals surface area contributed by atoms with Gasteiger partial charge in [0.2, 0.25) is 0 Å². The summed E-state index contributed by atoms with van der Waals surface area (Å²) in [5.41, 5.74) is 1.21. The van der Waals surface area contributed by atoms with Crippen molar-refractivity contribution in [3.63, 3.8) is 0 Å². The fraction of sp³-hybridized carbons (Fsp3) is 0.533. The molecule has 3 nitrogen and oxygen atoms in total. The smallest absolute Gasteiger partial charge is 0.0992 e. The van der Waals surface area contributed by atoms with Crippen LogP contribution in [0.2, 0.25) is 5.02 Å². The number of hydrogen-bond donors (Lipinski definition) is 1. The quantitative estimate of drug-likeness (QED) is 0.867. The molecule has 4 heteroatoms. The molecule has 2 aromatic rings. The summed E-state index contributed by atoms with van der Waals surface area (Å²) in [5.74, 6) is 1.37. The summed E-state index contributed by atoms with van der Waals surface area (Å²) < 4.78 is 1.91. The van der Waals surface area contributed by atoms with Gasteiger partial charge >= 0.3 is 0 Å². The molecule has 4 rings (SSSR count). The molecule has 0 saturated heterocycles. The first-order valence-corrected chi connectivity index (χ1v) is 7.38. The normalized spacial score (nSPS) is 34.0. The Balaban J connectivity index is 1.83. The lowest BCUT2D eigenvalue weighted by Gasteiger charge is -2.25. The minimum absolute atomic E-state index is 0.658. The maximum Gasteiger partial charge on any atom is 0.0992 e. The number of pyridine rings is 1. The van der Waals surface area contributed by atoms with Gasteiger partial charge in [0.05, 0.1) is 28.7 Å². The van der Waals surface area contributed by atoms with Crippen LogP contribution in [-0.4, -0.2) is 14.5 Å². The third-order valence-electron chi connectivity index (χ3n) is 5.00. The van der Waals surface area contributed by atoms with Gasteiger partial charge in [0.1, 0.15) is 0 Å². The second kappa shape index (κ2) is 3.97. The van der Waals surface area contributed by atoms with E-state index in [4.69, 9.17) is 11.6 Å². The molecule has 0 aromatic carbocycles. The van der Waals surface area contributed by atoms with E-state index < -0.39 is 5.60 Å². The molecule has 0 aliphatic heterocycles. The predicted molar refractivity (Wildman–Crippen MR) is 74.2 cm³/mol. The third-order valence-corrected chi connectivity index (χ3v) is 5.21. The standard InChI is InChI=1S/C15H17ClN2O/c16-12-4-13(14-7-17-9-18(14)8-12)15(19)5-10-2-1-3-11(10)6-15/h4,7-11,19H,1-3,5-6H2/t10-,11+,15?. The first kappa shape index (κ1) is 11.7. The number of imidazole rings is 1. The van der Waals surface area contributed by atoms with Crippen LogP contribution in [0.3, 0.4) is 0 Å². The van der Waals surface area contributed by atoms with Crippen molar-refractivity contribution in [2.24, 2.45) is 11.8 Å². The van der Waals surface area contributed by atoms with Crippen molar-refractivity contribution in [3.8, 4) is 0 Å². The molecule has 0 bridgehead atoms. The molecule has 0 spiro atoms. The van der Waals surface area contributed by atoms with Crippen LogP contribution in [0.25, 0.3) is 5.52 Å². The molecular formula is C15H17ClN2O. The van der Waals surface area contributed by atoms with Gasteiger partial charge in [-0.15, -0.1) is 0 Å². The molecule has 3 atom stereocenters. The lowest BCUT2D eigenvalue weighted by Crippen LogP contribution is -2.23. The second-order valence-corrected chi connectivity index (χ2v) is 6.59. The third kappa shape index (κ3) is 1.72. The second-order valence-electron chi connectivity index (χ2n) is 6.15. The van der Waals surface area contributed by atoms with E-state index in [1.165, 1.54) is 19.3 Å². The number of halogens is 1. The molecule has 2 aliphatic rings. The highest BCUT2D eigenvalue weighted by Gasteiger charge is 2.47. The molecule has 2 heterocycles. The Kier molecular flexibility index (Phi) is 2.45. The Bertz CT molecular complexity index is 624. The van der Waals surface area contributed by atoms with Crippen LogP contribution in [0.4, 0.5) is 0 Å². The number of rotatable bonds is 1. The van der Waals surface area contributed by atoms with Gasteiger partial charge in [-0.1, -0.05) is 30.9 Å². The van der Waals surface area contributed by atoms with E-state index >= 15 is 0 Å². The highest BCUT2D eigenvalue weighted by atomic mass is 35.5. The van der Waals surface area contributed by atoms with E-state index in [9.17, 15) is 5.11 Å². The van der Waals surface area contributed by atoms with Gasteiger partial charge < -0.3 is 9.51 Å². The first-order valence-electron chi connectivity index (χ1n) is 7.00. The van der Waals surface area contributed by atoms with Crippen LogP contribution >= 0.6 is 11.6 Å². The summed E-state index contributed by atoms with van der Waals surface area (Å²) >= 11 is 6.18. The van der Waals surface area contributed by atoms with E-state index in [0.29, 0.717) is 16.9 Å². The van der Waals surface area contributed by atoms with Gasteiger partial charge in [-0.25, -0.2) is 4.98 Å². The van der Waals surface area contributed by atoms with Gasteiger partial charge in [-0.2, -0.15) is 0 Å². The molecule has 0 amide bonds. The maximum absolute atomic E-state index is 11.1. The van der Waals surface area contributed by atoms with Crippen LogP contribution < -0.4 is 0 Å². The van der Waals surface area contributed by atoms with Gasteiger partial charge in [-0.05, 0) is 30.7 Å². The summed E-state index contributed by atoms with van der Waals surface area (Å²) in [4.78, 5) is 4.17. The van der Waals surface area contributed by atoms with Crippen LogP contribution in [0, 0.1) is 11.8 Å². The molecule has 19 heavy (non-hydrogen) atoms. The number of aliphatic hydroxyl groups is 1. The van der Waals surface area contributed by atoms with Crippen LogP contribution in [0.5, 0.6) is 0 Å². The predicted octanol–water partition coefficient (Wildman–Crippen LogP) is 3.39. The average molecular weight is 277 g/mol. The molecule has 100 valence electrons. The van der Waals surface area contributed by atoms with Crippen LogP contribution in [0.15, 0.2) is 24.8 Å². The molecule has 2 aromatic heterocycles. The van der Waals surface area contributed by atoms with Gasteiger partial charge in [0.15, 0.2) is 0 Å². The van der Waals surface area contributed by atoms with Gasteiger partial charge in [0, 0.05) is 11.8 Å². The topological polar surface area (TPSA) is 37.5 Å². The lowest BCUT2D eigenvalue weighted by atomic mass is 9.89. The maximum atomic E-state index is 11.1. The van der Waals surface area contributed by atoms with Crippen molar-refractivity contribution in [2.45, 2.75) is 37.7 Å². The number of nitrogens with zero attached hydrogens (tertiary/aromatic N) is 2. The Morgan fingerprint density at radius 3 is 2.79 bits per heavy atom. The van der Waals surface area contributed by atoms with E-state index in [2.05, 4.69) is 4.98 Å². The van der Waals surface area contributed by atoms with Crippen LogP contribution in [-0.2, 0) is 5.60 Å². The van der Waals surface area contributed by atoms with Crippen molar-refractivity contribution < 1.29 is 5.11 Å². The zero-order valence-corrected chi connectivity index (χ0v) is 11.5. The van der Waals surface area contributed by atoms with Crippen molar-refractivity contribution >= 4 is 17.1 Å². The number of hydrogen-bond acceptors (Lipinski definition) is 2. The Morgan fingerprint density at radius 1 is 1.32 bits per heavy atom. The fourth-order valence-corrected chi connectivity index (χ4v) is 4.41. The SMILES string of the molecule is OC1(c2cc(Cl)cn3cncc23)C[C@H]2CCC[C@H]2C1. The first-order chi connectivity index (χ1) is 9.16. The lowest BCUT2D eigenvalue weighted by molar-refractivity contribution is 0.0363. The minimum Gasteiger partial charge on any atom is -0.385 e. The van der Waals surface area contributed by atoms with E-state index in [1.54, 1.807) is 6.33 Å². The van der Waals surface area contributed by atoms with Crippen molar-refractivity contribution in [3.05, 3.63) is 35.4 Å². The number of aromatic nitrogens is 2. The van der Waals surface area contributed by atoms with Gasteiger partial charge in [-0.3, -0.25) is 0 Å². The molecule has 0 radical (unpaired) electrons. The summed E-state index contributed by atoms with van der Waals surface area (Å²) in [6, 6.07) is 1.92. The minimum atomic E-state index is -0.720. The molecular weight excluding hydrogens is 260 g/mol. The summed E-state index contributed by atoms with van der Waals surface area (Å²) in [5, 5.41) is 11.8. The summed E-state index contributed by atoms with van der Waals surface area (Å²) in [6.45, 7) is 0. The van der Waals surface area contributed by atoms with Crippen LogP contribution in [0.1, 0.15) is 37.7 Å². The Morgan fingerprint density at radius 2 is 2.05 bits per heavy atom. The molecule has 1 unspecified atom stereocenters. The molecule has 1 N–H and O–H groups in total. The number of fused-ring (bicyclic) bond motifs is 2. The van der Waals surface area contributed by atoms with E-state index in [0.717, 1.165) is 23.9 Å². The fourth-order valence-electron chi connectivity index (χ4n) is 4.19. The summed E-state index contributed by atoms with van der Waals surface area (Å²) in [7, 11) is 0.